The van der Waals surface area contributed by atoms with Gasteiger partial charge in [-0.3, -0.25) is 4.79 Å². The van der Waals surface area contributed by atoms with Gasteiger partial charge in [-0.25, -0.2) is 0 Å². The number of hydrogen-bond donors (Lipinski definition) is 1. The number of amides is 1. The van der Waals surface area contributed by atoms with Crippen molar-refractivity contribution in [1.29, 1.82) is 0 Å². The van der Waals surface area contributed by atoms with E-state index in [1.165, 1.54) is 11.1 Å². The molecule has 21 heavy (non-hydrogen) atoms. The van der Waals surface area contributed by atoms with Gasteiger partial charge < -0.3 is 10.1 Å². The van der Waals surface area contributed by atoms with Crippen molar-refractivity contribution >= 4 is 5.91 Å². The van der Waals surface area contributed by atoms with Crippen LogP contribution in [0.3, 0.4) is 0 Å². The van der Waals surface area contributed by atoms with Crippen LogP contribution in [0.25, 0.3) is 0 Å². The highest BCUT2D eigenvalue weighted by molar-refractivity contribution is 5.78. The Kier molecular flexibility index (Phi) is 5.38. The molecule has 3 nitrogen and oxygen atoms in total. The molecule has 2 rings (SSSR count). The number of methoxy groups -OCH3 is 1. The molecule has 0 fully saturated rings. The quantitative estimate of drug-likeness (QED) is 0.885. The summed E-state index contributed by atoms with van der Waals surface area (Å²) in [6.45, 7) is 2.73. The lowest BCUT2D eigenvalue weighted by Gasteiger charge is -2.06. The summed E-state index contributed by atoms with van der Waals surface area (Å²) in [5, 5.41) is 2.95. The molecule has 0 spiro atoms. The summed E-state index contributed by atoms with van der Waals surface area (Å²) in [4.78, 5) is 11.9. The van der Waals surface area contributed by atoms with Crippen LogP contribution < -0.4 is 10.1 Å². The van der Waals surface area contributed by atoms with E-state index < -0.39 is 0 Å². The number of rotatable bonds is 6. The molecule has 110 valence electrons. The number of aryl methyl sites for hydroxylation is 1. The summed E-state index contributed by atoms with van der Waals surface area (Å²) in [6.07, 6.45) is 1.26. The van der Waals surface area contributed by atoms with Crippen LogP contribution in [-0.2, 0) is 17.6 Å². The Balaban J connectivity index is 1.75. The number of carbonyl (C=O) groups is 1. The molecule has 1 amide bonds. The summed E-state index contributed by atoms with van der Waals surface area (Å²) in [5.74, 6) is 0.853. The molecule has 0 atom stereocenters. The highest BCUT2D eigenvalue weighted by Crippen LogP contribution is 2.11. The SMILES string of the molecule is COc1ccc(CC(=O)NCCc2ccc(C)cc2)cc1. The van der Waals surface area contributed by atoms with Crippen LogP contribution in [0.5, 0.6) is 5.75 Å². The minimum atomic E-state index is 0.0484. The second-order valence-corrected chi connectivity index (χ2v) is 5.11. The smallest absolute Gasteiger partial charge is 0.224 e. The third-order valence-corrected chi connectivity index (χ3v) is 3.38. The van der Waals surface area contributed by atoms with Gasteiger partial charge in [0.2, 0.25) is 5.91 Å². The van der Waals surface area contributed by atoms with Gasteiger partial charge in [0.05, 0.1) is 13.5 Å². The van der Waals surface area contributed by atoms with E-state index in [1.54, 1.807) is 7.11 Å². The monoisotopic (exact) mass is 283 g/mol. The molecular weight excluding hydrogens is 262 g/mol. The molecule has 1 N–H and O–H groups in total. The zero-order chi connectivity index (χ0) is 15.1. The van der Waals surface area contributed by atoms with Crippen LogP contribution in [0.4, 0.5) is 0 Å². The van der Waals surface area contributed by atoms with Gasteiger partial charge in [0.25, 0.3) is 0 Å². The maximum absolute atomic E-state index is 11.9. The van der Waals surface area contributed by atoms with E-state index in [0.29, 0.717) is 13.0 Å². The molecule has 0 aliphatic heterocycles. The van der Waals surface area contributed by atoms with Gasteiger partial charge >= 0.3 is 0 Å². The highest BCUT2D eigenvalue weighted by atomic mass is 16.5. The summed E-state index contributed by atoms with van der Waals surface area (Å²) < 4.78 is 5.10. The molecule has 0 heterocycles. The number of hydrogen-bond acceptors (Lipinski definition) is 2. The Hall–Kier alpha value is -2.29. The molecule has 0 radical (unpaired) electrons. The summed E-state index contributed by atoms with van der Waals surface area (Å²) in [6, 6.07) is 16.0. The first-order valence-electron chi connectivity index (χ1n) is 7.12. The summed E-state index contributed by atoms with van der Waals surface area (Å²) in [5.41, 5.74) is 3.48. The first-order chi connectivity index (χ1) is 10.2. The van der Waals surface area contributed by atoms with Crippen molar-refractivity contribution in [2.75, 3.05) is 13.7 Å². The lowest BCUT2D eigenvalue weighted by molar-refractivity contribution is -0.120. The predicted octanol–water partition coefficient (Wildman–Crippen LogP) is 2.91. The zero-order valence-corrected chi connectivity index (χ0v) is 12.6. The molecule has 2 aromatic rings. The average molecular weight is 283 g/mol. The molecule has 2 aromatic carbocycles. The van der Waals surface area contributed by atoms with Gasteiger partial charge in [-0.2, -0.15) is 0 Å². The van der Waals surface area contributed by atoms with Crippen molar-refractivity contribution in [3.8, 4) is 5.75 Å². The predicted molar refractivity (Wildman–Crippen MR) is 84.6 cm³/mol. The molecule has 3 heteroatoms. The molecular formula is C18H21NO2. The Morgan fingerprint density at radius 3 is 2.24 bits per heavy atom. The van der Waals surface area contributed by atoms with E-state index >= 15 is 0 Å². The average Bonchev–Trinajstić information content (AvgIpc) is 2.50. The van der Waals surface area contributed by atoms with Crippen LogP contribution in [-0.4, -0.2) is 19.6 Å². The first kappa shape index (κ1) is 15.1. The number of nitrogens with one attached hydrogen (secondary N) is 1. The molecule has 0 aliphatic carbocycles. The van der Waals surface area contributed by atoms with Crippen LogP contribution in [0.1, 0.15) is 16.7 Å². The Morgan fingerprint density at radius 1 is 1.00 bits per heavy atom. The van der Waals surface area contributed by atoms with Crippen LogP contribution >= 0.6 is 0 Å². The topological polar surface area (TPSA) is 38.3 Å². The van der Waals surface area contributed by atoms with E-state index in [4.69, 9.17) is 4.74 Å². The maximum atomic E-state index is 11.9. The number of benzene rings is 2. The third-order valence-electron chi connectivity index (χ3n) is 3.38. The normalized spacial score (nSPS) is 10.2. The van der Waals surface area contributed by atoms with Crippen LogP contribution in [0, 0.1) is 6.92 Å². The van der Waals surface area contributed by atoms with Gasteiger partial charge in [0.1, 0.15) is 5.75 Å². The molecule has 0 saturated carbocycles. The van der Waals surface area contributed by atoms with E-state index in [-0.39, 0.29) is 5.91 Å². The van der Waals surface area contributed by atoms with E-state index in [2.05, 4.69) is 36.5 Å². The lowest BCUT2D eigenvalue weighted by Crippen LogP contribution is -2.27. The van der Waals surface area contributed by atoms with E-state index in [1.807, 2.05) is 24.3 Å². The van der Waals surface area contributed by atoms with Crippen molar-refractivity contribution in [2.24, 2.45) is 0 Å². The van der Waals surface area contributed by atoms with Gasteiger partial charge in [0.15, 0.2) is 0 Å². The fraction of sp³-hybridized carbons (Fsp3) is 0.278. The molecule has 0 aromatic heterocycles. The van der Waals surface area contributed by atoms with Gasteiger partial charge in [-0.05, 0) is 36.6 Å². The number of carbonyl (C=O) groups excluding carboxylic acids is 1. The first-order valence-corrected chi connectivity index (χ1v) is 7.12. The third kappa shape index (κ3) is 4.95. The van der Waals surface area contributed by atoms with Crippen molar-refractivity contribution in [3.05, 3.63) is 65.2 Å². The second kappa shape index (κ2) is 7.48. The molecule has 0 saturated heterocycles. The molecule has 0 unspecified atom stereocenters. The molecule has 0 bridgehead atoms. The fourth-order valence-corrected chi connectivity index (χ4v) is 2.09. The van der Waals surface area contributed by atoms with Gasteiger partial charge in [0, 0.05) is 6.54 Å². The van der Waals surface area contributed by atoms with Gasteiger partial charge in [-0.1, -0.05) is 42.0 Å². The minimum Gasteiger partial charge on any atom is -0.497 e. The van der Waals surface area contributed by atoms with Crippen molar-refractivity contribution in [1.82, 2.24) is 5.32 Å². The van der Waals surface area contributed by atoms with Crippen molar-refractivity contribution in [2.45, 2.75) is 19.8 Å². The van der Waals surface area contributed by atoms with Crippen molar-refractivity contribution < 1.29 is 9.53 Å². The fourth-order valence-electron chi connectivity index (χ4n) is 2.09. The minimum absolute atomic E-state index is 0.0484. The lowest BCUT2D eigenvalue weighted by atomic mass is 10.1. The van der Waals surface area contributed by atoms with Crippen LogP contribution in [0.2, 0.25) is 0 Å². The largest absolute Gasteiger partial charge is 0.497 e. The Morgan fingerprint density at radius 2 is 1.62 bits per heavy atom. The van der Waals surface area contributed by atoms with Gasteiger partial charge in [-0.15, -0.1) is 0 Å². The second-order valence-electron chi connectivity index (χ2n) is 5.11. The Labute approximate surface area is 126 Å². The van der Waals surface area contributed by atoms with E-state index in [9.17, 15) is 4.79 Å². The number of ether oxygens (including phenoxy) is 1. The van der Waals surface area contributed by atoms with E-state index in [0.717, 1.165) is 17.7 Å². The molecule has 0 aliphatic rings. The maximum Gasteiger partial charge on any atom is 0.224 e. The summed E-state index contributed by atoms with van der Waals surface area (Å²) >= 11 is 0. The van der Waals surface area contributed by atoms with Crippen molar-refractivity contribution in [3.63, 3.8) is 0 Å². The summed E-state index contributed by atoms with van der Waals surface area (Å²) in [7, 11) is 1.63. The zero-order valence-electron chi connectivity index (χ0n) is 12.6. The Bertz CT molecular complexity index is 573. The standard InChI is InChI=1S/C18H21NO2/c1-14-3-5-15(6-4-14)11-12-19-18(20)13-16-7-9-17(21-2)10-8-16/h3-10H,11-13H2,1-2H3,(H,19,20). The van der Waals surface area contributed by atoms with Crippen LogP contribution in [0.15, 0.2) is 48.5 Å². The highest BCUT2D eigenvalue weighted by Gasteiger charge is 2.03.